The number of nitrogens with zero attached hydrogens (tertiary/aromatic N) is 3. The van der Waals surface area contributed by atoms with E-state index in [0.29, 0.717) is 5.56 Å². The predicted octanol–water partition coefficient (Wildman–Crippen LogP) is 2.61. The van der Waals surface area contributed by atoms with Gasteiger partial charge >= 0.3 is 0 Å². The molecule has 2 aromatic rings. The Hall–Kier alpha value is -2.27. The van der Waals surface area contributed by atoms with Gasteiger partial charge in [-0.1, -0.05) is 12.1 Å². The fraction of sp³-hybridized carbons (Fsp3) is 0.368. The Morgan fingerprint density at radius 3 is 2.50 bits per heavy atom. The smallest absolute Gasteiger partial charge is 0.255 e. The zero-order chi connectivity index (χ0) is 16.8. The highest BCUT2D eigenvalue weighted by atomic mass is 19.1. The average Bonchev–Trinajstić information content (AvgIpc) is 2.64. The number of carbonyl (C=O) groups excluding carboxylic acids is 1. The molecule has 1 aliphatic rings. The van der Waals surface area contributed by atoms with Gasteiger partial charge < -0.3 is 4.90 Å². The fourth-order valence-electron chi connectivity index (χ4n) is 3.00. The summed E-state index contributed by atoms with van der Waals surface area (Å²) in [6.45, 7) is 4.31. The Morgan fingerprint density at radius 2 is 1.83 bits per heavy atom. The van der Waals surface area contributed by atoms with E-state index < -0.39 is 0 Å². The van der Waals surface area contributed by atoms with Crippen LogP contribution in [0.4, 0.5) is 4.39 Å². The molecular formula is C19H22FN3O. The summed E-state index contributed by atoms with van der Waals surface area (Å²) in [4.78, 5) is 20.7. The molecule has 126 valence electrons. The number of amides is 1. The van der Waals surface area contributed by atoms with Crippen LogP contribution in [0.15, 0.2) is 48.8 Å². The lowest BCUT2D eigenvalue weighted by atomic mass is 10.1. The monoisotopic (exact) mass is 327 g/mol. The third-order valence-corrected chi connectivity index (χ3v) is 4.42. The van der Waals surface area contributed by atoms with Crippen LogP contribution in [0.1, 0.15) is 22.3 Å². The van der Waals surface area contributed by atoms with Crippen molar-refractivity contribution >= 4 is 5.91 Å². The second-order valence-corrected chi connectivity index (χ2v) is 6.11. The quantitative estimate of drug-likeness (QED) is 0.847. The van der Waals surface area contributed by atoms with E-state index in [2.05, 4.69) is 9.88 Å². The van der Waals surface area contributed by atoms with Crippen LogP contribution in [0, 0.1) is 5.82 Å². The summed E-state index contributed by atoms with van der Waals surface area (Å²) in [5, 5.41) is 0. The molecule has 1 aromatic carbocycles. The van der Waals surface area contributed by atoms with Gasteiger partial charge in [0.2, 0.25) is 0 Å². The molecule has 24 heavy (non-hydrogen) atoms. The van der Waals surface area contributed by atoms with Gasteiger partial charge in [0.1, 0.15) is 5.82 Å². The molecule has 0 saturated carbocycles. The number of carbonyl (C=O) groups is 1. The molecule has 1 aliphatic heterocycles. The van der Waals surface area contributed by atoms with Crippen LogP contribution in [-0.4, -0.2) is 53.4 Å². The Labute approximate surface area is 141 Å². The minimum Gasteiger partial charge on any atom is -0.336 e. The van der Waals surface area contributed by atoms with Crippen LogP contribution in [-0.2, 0) is 6.42 Å². The van der Waals surface area contributed by atoms with E-state index in [1.807, 2.05) is 23.1 Å². The van der Waals surface area contributed by atoms with Gasteiger partial charge in [0.25, 0.3) is 5.91 Å². The molecule has 0 aliphatic carbocycles. The van der Waals surface area contributed by atoms with Crippen LogP contribution in [0.3, 0.4) is 0 Å². The maximum atomic E-state index is 12.9. The standard InChI is InChI=1S/C19H22FN3O/c20-18-7-5-16(6-8-18)3-2-10-22-11-13-23(14-12-22)19(24)17-4-1-9-21-15-17/h1,4-9,15H,2-3,10-14H2. The van der Waals surface area contributed by atoms with E-state index in [4.69, 9.17) is 0 Å². The van der Waals surface area contributed by atoms with Gasteiger partial charge in [-0.15, -0.1) is 0 Å². The average molecular weight is 327 g/mol. The number of rotatable bonds is 5. The van der Waals surface area contributed by atoms with E-state index in [-0.39, 0.29) is 11.7 Å². The molecule has 4 nitrogen and oxygen atoms in total. The van der Waals surface area contributed by atoms with Crippen molar-refractivity contribution in [1.29, 1.82) is 0 Å². The topological polar surface area (TPSA) is 36.4 Å². The second-order valence-electron chi connectivity index (χ2n) is 6.11. The lowest BCUT2D eigenvalue weighted by molar-refractivity contribution is 0.0635. The molecule has 0 unspecified atom stereocenters. The van der Waals surface area contributed by atoms with Crippen molar-refractivity contribution in [3.63, 3.8) is 0 Å². The summed E-state index contributed by atoms with van der Waals surface area (Å²) in [5.41, 5.74) is 1.82. The second kappa shape index (κ2) is 8.02. The molecule has 0 spiro atoms. The lowest BCUT2D eigenvalue weighted by Crippen LogP contribution is -2.48. The Balaban J connectivity index is 1.40. The third-order valence-electron chi connectivity index (χ3n) is 4.42. The van der Waals surface area contributed by atoms with Crippen LogP contribution in [0.25, 0.3) is 0 Å². The molecule has 1 saturated heterocycles. The minimum atomic E-state index is -0.187. The van der Waals surface area contributed by atoms with Crippen molar-refractivity contribution in [2.24, 2.45) is 0 Å². The maximum Gasteiger partial charge on any atom is 0.255 e. The van der Waals surface area contributed by atoms with Crippen LogP contribution >= 0.6 is 0 Å². The first-order chi connectivity index (χ1) is 11.7. The number of pyridine rings is 1. The summed E-state index contributed by atoms with van der Waals surface area (Å²) in [5.74, 6) is -0.123. The van der Waals surface area contributed by atoms with Crippen molar-refractivity contribution < 1.29 is 9.18 Å². The van der Waals surface area contributed by atoms with Crippen LogP contribution in [0.5, 0.6) is 0 Å². The fourth-order valence-corrected chi connectivity index (χ4v) is 3.00. The first-order valence-electron chi connectivity index (χ1n) is 8.38. The number of halogens is 1. The highest BCUT2D eigenvalue weighted by Gasteiger charge is 2.21. The summed E-state index contributed by atoms with van der Waals surface area (Å²) >= 11 is 0. The van der Waals surface area contributed by atoms with E-state index in [1.165, 1.54) is 17.7 Å². The van der Waals surface area contributed by atoms with Crippen LogP contribution < -0.4 is 0 Å². The van der Waals surface area contributed by atoms with Gasteiger partial charge in [-0.05, 0) is 49.2 Å². The van der Waals surface area contributed by atoms with Crippen molar-refractivity contribution in [2.45, 2.75) is 12.8 Å². The summed E-state index contributed by atoms with van der Waals surface area (Å²) in [7, 11) is 0. The molecule has 0 bridgehead atoms. The summed E-state index contributed by atoms with van der Waals surface area (Å²) < 4.78 is 12.9. The Bertz CT molecular complexity index is 652. The molecule has 2 heterocycles. The first-order valence-corrected chi connectivity index (χ1v) is 8.38. The van der Waals surface area contributed by atoms with E-state index in [9.17, 15) is 9.18 Å². The third kappa shape index (κ3) is 4.38. The molecule has 0 atom stereocenters. The Kier molecular flexibility index (Phi) is 5.54. The van der Waals surface area contributed by atoms with Gasteiger partial charge in [-0.3, -0.25) is 14.7 Å². The molecule has 0 N–H and O–H groups in total. The number of hydrogen-bond donors (Lipinski definition) is 0. The molecule has 1 aromatic heterocycles. The molecule has 5 heteroatoms. The van der Waals surface area contributed by atoms with Crippen molar-refractivity contribution in [2.75, 3.05) is 32.7 Å². The van der Waals surface area contributed by atoms with E-state index in [0.717, 1.165) is 45.6 Å². The molecule has 3 rings (SSSR count). The highest BCUT2D eigenvalue weighted by molar-refractivity contribution is 5.93. The molecule has 1 amide bonds. The zero-order valence-corrected chi connectivity index (χ0v) is 13.7. The van der Waals surface area contributed by atoms with E-state index in [1.54, 1.807) is 18.5 Å². The van der Waals surface area contributed by atoms with E-state index >= 15 is 0 Å². The largest absolute Gasteiger partial charge is 0.336 e. The number of piperazine rings is 1. The number of aromatic nitrogens is 1. The highest BCUT2D eigenvalue weighted by Crippen LogP contribution is 2.10. The number of hydrogen-bond acceptors (Lipinski definition) is 3. The van der Waals surface area contributed by atoms with Gasteiger partial charge in [0, 0.05) is 38.6 Å². The van der Waals surface area contributed by atoms with Crippen molar-refractivity contribution in [3.8, 4) is 0 Å². The van der Waals surface area contributed by atoms with Crippen molar-refractivity contribution in [1.82, 2.24) is 14.8 Å². The maximum absolute atomic E-state index is 12.9. The normalized spacial score (nSPS) is 15.5. The minimum absolute atomic E-state index is 0.0639. The molecule has 0 radical (unpaired) electrons. The SMILES string of the molecule is O=C(c1cccnc1)N1CCN(CCCc2ccc(F)cc2)CC1. The molecular weight excluding hydrogens is 305 g/mol. The van der Waals surface area contributed by atoms with Gasteiger partial charge in [0.15, 0.2) is 0 Å². The van der Waals surface area contributed by atoms with Crippen molar-refractivity contribution in [3.05, 3.63) is 65.7 Å². The van der Waals surface area contributed by atoms with Gasteiger partial charge in [0.05, 0.1) is 5.56 Å². The van der Waals surface area contributed by atoms with Gasteiger partial charge in [-0.25, -0.2) is 4.39 Å². The Morgan fingerprint density at radius 1 is 1.08 bits per heavy atom. The molecule has 1 fully saturated rings. The number of aryl methyl sites for hydroxylation is 1. The predicted molar refractivity (Wildman–Crippen MR) is 91.3 cm³/mol. The zero-order valence-electron chi connectivity index (χ0n) is 13.7. The van der Waals surface area contributed by atoms with Crippen LogP contribution in [0.2, 0.25) is 0 Å². The number of benzene rings is 1. The lowest BCUT2D eigenvalue weighted by Gasteiger charge is -2.34. The summed E-state index contributed by atoms with van der Waals surface area (Å²) in [6, 6.07) is 10.3. The van der Waals surface area contributed by atoms with Gasteiger partial charge in [-0.2, -0.15) is 0 Å². The first kappa shape index (κ1) is 16.6. The summed E-state index contributed by atoms with van der Waals surface area (Å²) in [6.07, 6.45) is 5.30.